The Bertz CT molecular complexity index is 1120. The minimum Gasteiger partial charge on any atom is -0.267 e. The Hall–Kier alpha value is -3.42. The van der Waals surface area contributed by atoms with Gasteiger partial charge in [0.15, 0.2) is 5.65 Å². The van der Waals surface area contributed by atoms with Crippen molar-refractivity contribution in [2.75, 3.05) is 0 Å². The van der Waals surface area contributed by atoms with E-state index in [1.165, 1.54) is 41.2 Å². The Morgan fingerprint density at radius 3 is 2.52 bits per heavy atom. The van der Waals surface area contributed by atoms with Gasteiger partial charge in [-0.25, -0.2) is 18.1 Å². The van der Waals surface area contributed by atoms with E-state index < -0.39 is 11.4 Å². The first kappa shape index (κ1) is 15.1. The lowest BCUT2D eigenvalue weighted by Crippen LogP contribution is -2.25. The van der Waals surface area contributed by atoms with Crippen molar-refractivity contribution in [3.63, 3.8) is 0 Å². The Kier molecular flexibility index (Phi) is 3.57. The molecular weight excluding hydrogens is 328 g/mol. The van der Waals surface area contributed by atoms with Crippen molar-refractivity contribution in [3.05, 3.63) is 82.3 Å². The maximum Gasteiger partial charge on any atom is 0.281 e. The molecular formula is C17H11F2N5O. The maximum absolute atomic E-state index is 13.8. The lowest BCUT2D eigenvalue weighted by molar-refractivity contribution is 0.556. The van der Waals surface area contributed by atoms with Crippen LogP contribution in [-0.4, -0.2) is 24.8 Å². The topological polar surface area (TPSA) is 65.6 Å². The van der Waals surface area contributed by atoms with Gasteiger partial charge in [0, 0.05) is 5.56 Å². The fourth-order valence-corrected chi connectivity index (χ4v) is 2.53. The van der Waals surface area contributed by atoms with Gasteiger partial charge in [-0.3, -0.25) is 4.79 Å². The summed E-state index contributed by atoms with van der Waals surface area (Å²) in [4.78, 5) is 12.6. The molecule has 0 saturated carbocycles. The predicted molar refractivity (Wildman–Crippen MR) is 86.4 cm³/mol. The Morgan fingerprint density at radius 2 is 1.76 bits per heavy atom. The molecule has 2 heterocycles. The van der Waals surface area contributed by atoms with Gasteiger partial charge in [0.25, 0.3) is 5.56 Å². The summed E-state index contributed by atoms with van der Waals surface area (Å²) >= 11 is 0. The molecule has 0 aliphatic rings. The van der Waals surface area contributed by atoms with Crippen molar-refractivity contribution in [2.45, 2.75) is 6.54 Å². The summed E-state index contributed by atoms with van der Waals surface area (Å²) in [6, 6.07) is 11.8. The molecule has 0 spiro atoms. The highest BCUT2D eigenvalue weighted by atomic mass is 19.1. The summed E-state index contributed by atoms with van der Waals surface area (Å²) < 4.78 is 29.3. The highest BCUT2D eigenvalue weighted by molar-refractivity contribution is 5.74. The third-order valence-corrected chi connectivity index (χ3v) is 3.81. The van der Waals surface area contributed by atoms with Gasteiger partial charge < -0.3 is 0 Å². The quantitative estimate of drug-likeness (QED) is 0.574. The largest absolute Gasteiger partial charge is 0.281 e. The SMILES string of the molecule is O=c1c2cnn(-c3ccc(F)cc3)c2nnn1Cc1ccccc1F. The first-order valence-electron chi connectivity index (χ1n) is 7.44. The van der Waals surface area contributed by atoms with Gasteiger partial charge in [-0.2, -0.15) is 5.10 Å². The smallest absolute Gasteiger partial charge is 0.267 e. The van der Waals surface area contributed by atoms with Gasteiger partial charge >= 0.3 is 0 Å². The van der Waals surface area contributed by atoms with E-state index in [0.717, 1.165) is 4.68 Å². The summed E-state index contributed by atoms with van der Waals surface area (Å²) in [7, 11) is 0. The van der Waals surface area contributed by atoms with E-state index in [0.29, 0.717) is 11.3 Å². The second-order valence-electron chi connectivity index (χ2n) is 5.41. The second-order valence-corrected chi connectivity index (χ2v) is 5.41. The molecule has 0 saturated heterocycles. The predicted octanol–water partition coefficient (Wildman–Crippen LogP) is 2.30. The molecule has 4 rings (SSSR count). The van der Waals surface area contributed by atoms with Crippen molar-refractivity contribution in [1.29, 1.82) is 0 Å². The molecule has 2 aromatic heterocycles. The standard InChI is InChI=1S/C17H11F2N5O/c18-12-5-7-13(8-6-12)24-16-14(9-20-24)17(25)23(22-21-16)10-11-3-1-2-4-15(11)19/h1-9H,10H2. The number of hydrogen-bond donors (Lipinski definition) is 0. The van der Waals surface area contributed by atoms with E-state index in [-0.39, 0.29) is 23.4 Å². The highest BCUT2D eigenvalue weighted by Gasteiger charge is 2.13. The van der Waals surface area contributed by atoms with Crippen LogP contribution < -0.4 is 5.56 Å². The van der Waals surface area contributed by atoms with Gasteiger partial charge in [-0.1, -0.05) is 23.4 Å². The number of rotatable bonds is 3. The van der Waals surface area contributed by atoms with Crippen LogP contribution in [0.3, 0.4) is 0 Å². The summed E-state index contributed by atoms with van der Waals surface area (Å²) in [5.74, 6) is -0.795. The van der Waals surface area contributed by atoms with E-state index in [1.807, 2.05) is 0 Å². The molecule has 2 aromatic carbocycles. The number of nitrogens with zero attached hydrogens (tertiary/aromatic N) is 5. The average Bonchev–Trinajstić information content (AvgIpc) is 3.05. The molecule has 0 radical (unpaired) electrons. The number of halogens is 2. The molecule has 0 fully saturated rings. The van der Waals surface area contributed by atoms with Crippen molar-refractivity contribution in [1.82, 2.24) is 24.8 Å². The average molecular weight is 339 g/mol. The monoisotopic (exact) mass is 339 g/mol. The van der Waals surface area contributed by atoms with Crippen LogP contribution in [0.5, 0.6) is 0 Å². The van der Waals surface area contributed by atoms with Crippen LogP contribution in [0.2, 0.25) is 0 Å². The van der Waals surface area contributed by atoms with E-state index in [1.54, 1.807) is 18.2 Å². The number of fused-ring (bicyclic) bond motifs is 1. The molecule has 25 heavy (non-hydrogen) atoms. The molecule has 8 heteroatoms. The van der Waals surface area contributed by atoms with E-state index in [9.17, 15) is 13.6 Å². The molecule has 0 aliphatic heterocycles. The number of hydrogen-bond acceptors (Lipinski definition) is 4. The zero-order valence-corrected chi connectivity index (χ0v) is 12.8. The third-order valence-electron chi connectivity index (χ3n) is 3.81. The van der Waals surface area contributed by atoms with Crippen LogP contribution in [0.25, 0.3) is 16.7 Å². The highest BCUT2D eigenvalue weighted by Crippen LogP contribution is 2.14. The van der Waals surface area contributed by atoms with Crippen LogP contribution in [0.15, 0.2) is 59.5 Å². The van der Waals surface area contributed by atoms with Crippen molar-refractivity contribution >= 4 is 11.0 Å². The van der Waals surface area contributed by atoms with Crippen LogP contribution in [0, 0.1) is 11.6 Å². The number of aromatic nitrogens is 5. The molecule has 124 valence electrons. The van der Waals surface area contributed by atoms with E-state index in [2.05, 4.69) is 15.4 Å². The fourth-order valence-electron chi connectivity index (χ4n) is 2.53. The Morgan fingerprint density at radius 1 is 1.00 bits per heavy atom. The van der Waals surface area contributed by atoms with Crippen LogP contribution >= 0.6 is 0 Å². The molecule has 4 aromatic rings. The summed E-state index contributed by atoms with van der Waals surface area (Å²) in [5.41, 5.74) is 0.712. The van der Waals surface area contributed by atoms with Gasteiger partial charge in [0.1, 0.15) is 17.0 Å². The van der Waals surface area contributed by atoms with Crippen LogP contribution in [-0.2, 0) is 6.54 Å². The second kappa shape index (κ2) is 5.90. The lowest BCUT2D eigenvalue weighted by atomic mass is 10.2. The summed E-state index contributed by atoms with van der Waals surface area (Å²) in [6.45, 7) is -0.0316. The summed E-state index contributed by atoms with van der Waals surface area (Å²) in [5, 5.41) is 12.3. The van der Waals surface area contributed by atoms with Gasteiger partial charge in [0.05, 0.1) is 18.4 Å². The molecule has 0 N–H and O–H groups in total. The first-order chi connectivity index (χ1) is 12.1. The van der Waals surface area contributed by atoms with Crippen molar-refractivity contribution in [3.8, 4) is 5.69 Å². The van der Waals surface area contributed by atoms with Gasteiger partial charge in [-0.15, -0.1) is 5.10 Å². The van der Waals surface area contributed by atoms with Crippen LogP contribution in [0.4, 0.5) is 8.78 Å². The fraction of sp³-hybridized carbons (Fsp3) is 0.0588. The minimum absolute atomic E-state index is 0.0316. The zero-order chi connectivity index (χ0) is 17.4. The molecule has 0 unspecified atom stereocenters. The van der Waals surface area contributed by atoms with Crippen LogP contribution in [0.1, 0.15) is 5.56 Å². The van der Waals surface area contributed by atoms with Crippen molar-refractivity contribution in [2.24, 2.45) is 0 Å². The molecule has 0 aliphatic carbocycles. The van der Waals surface area contributed by atoms with E-state index in [4.69, 9.17) is 0 Å². The molecule has 6 nitrogen and oxygen atoms in total. The van der Waals surface area contributed by atoms with Gasteiger partial charge in [0.2, 0.25) is 0 Å². The third kappa shape index (κ3) is 2.67. The number of benzene rings is 2. The first-order valence-corrected chi connectivity index (χ1v) is 7.44. The minimum atomic E-state index is -0.429. The zero-order valence-electron chi connectivity index (χ0n) is 12.8. The molecule has 0 amide bonds. The lowest BCUT2D eigenvalue weighted by Gasteiger charge is -2.05. The van der Waals surface area contributed by atoms with E-state index >= 15 is 0 Å². The Balaban J connectivity index is 1.78. The molecule has 0 atom stereocenters. The Labute approximate surface area is 139 Å². The molecule has 0 bridgehead atoms. The normalized spacial score (nSPS) is 11.1. The van der Waals surface area contributed by atoms with Crippen molar-refractivity contribution < 1.29 is 8.78 Å². The summed E-state index contributed by atoms with van der Waals surface area (Å²) in [6.07, 6.45) is 1.37. The maximum atomic E-state index is 13.8. The van der Waals surface area contributed by atoms with Gasteiger partial charge in [-0.05, 0) is 30.3 Å².